The van der Waals surface area contributed by atoms with Crippen LogP contribution >= 0.6 is 15.9 Å². The minimum atomic E-state index is -0.261. The van der Waals surface area contributed by atoms with E-state index >= 15 is 0 Å². The number of halogens is 1. The van der Waals surface area contributed by atoms with Crippen molar-refractivity contribution >= 4 is 44.2 Å². The number of rotatable bonds is 2. The van der Waals surface area contributed by atoms with Gasteiger partial charge in [-0.2, -0.15) is 0 Å². The Morgan fingerprint density at radius 1 is 1.05 bits per heavy atom. The Bertz CT molecular complexity index is 835. The number of fused-ring (bicyclic) bond motifs is 1. The number of hydrogen-bond acceptors (Lipinski definition) is 4. The van der Waals surface area contributed by atoms with Crippen LogP contribution in [0.2, 0.25) is 0 Å². The van der Waals surface area contributed by atoms with Crippen LogP contribution < -0.4 is 11.1 Å². The van der Waals surface area contributed by atoms with Crippen molar-refractivity contribution in [3.63, 3.8) is 0 Å². The number of hydrogen-bond donors (Lipinski definition) is 2. The van der Waals surface area contributed by atoms with Crippen LogP contribution in [0.25, 0.3) is 11.0 Å². The van der Waals surface area contributed by atoms with E-state index in [0.29, 0.717) is 16.9 Å². The molecule has 0 saturated carbocycles. The molecule has 0 aliphatic heterocycles. The molecule has 0 aliphatic rings. The summed E-state index contributed by atoms with van der Waals surface area (Å²) >= 11 is 3.31. The number of amides is 1. The number of carbonyl (C=O) groups is 1. The van der Waals surface area contributed by atoms with E-state index in [-0.39, 0.29) is 5.91 Å². The standard InChI is InChI=1S/C15H11BrN4O/c16-9-1-3-11(12(17)7-9)15(21)20-10-2-4-13-14(8-10)19-6-5-18-13/h1-8H,17H2,(H,20,21). The van der Waals surface area contributed by atoms with Crippen molar-refractivity contribution in [2.45, 2.75) is 0 Å². The minimum absolute atomic E-state index is 0.261. The van der Waals surface area contributed by atoms with Gasteiger partial charge in [0.05, 0.1) is 16.6 Å². The van der Waals surface area contributed by atoms with E-state index in [1.807, 2.05) is 6.07 Å². The van der Waals surface area contributed by atoms with Crippen LogP contribution in [0.5, 0.6) is 0 Å². The van der Waals surface area contributed by atoms with Gasteiger partial charge in [-0.05, 0) is 36.4 Å². The first kappa shape index (κ1) is 13.5. The van der Waals surface area contributed by atoms with Gasteiger partial charge in [0.25, 0.3) is 5.91 Å². The first-order valence-electron chi connectivity index (χ1n) is 6.20. The molecule has 0 aliphatic carbocycles. The van der Waals surface area contributed by atoms with E-state index in [4.69, 9.17) is 5.73 Å². The molecule has 1 aromatic heterocycles. The van der Waals surface area contributed by atoms with Crippen LogP contribution in [-0.4, -0.2) is 15.9 Å². The molecule has 0 saturated heterocycles. The Balaban J connectivity index is 1.89. The van der Waals surface area contributed by atoms with Crippen LogP contribution in [-0.2, 0) is 0 Å². The normalized spacial score (nSPS) is 10.5. The maximum Gasteiger partial charge on any atom is 0.257 e. The second-order valence-electron chi connectivity index (χ2n) is 4.45. The Morgan fingerprint density at radius 3 is 2.57 bits per heavy atom. The lowest BCUT2D eigenvalue weighted by molar-refractivity contribution is 0.102. The number of nitrogen functional groups attached to an aromatic ring is 1. The number of carbonyl (C=O) groups excluding carboxylic acids is 1. The average Bonchev–Trinajstić information content (AvgIpc) is 2.47. The van der Waals surface area contributed by atoms with Crippen molar-refractivity contribution in [2.24, 2.45) is 0 Å². The highest BCUT2D eigenvalue weighted by atomic mass is 79.9. The van der Waals surface area contributed by atoms with E-state index in [1.54, 1.807) is 42.7 Å². The number of nitrogens with two attached hydrogens (primary N) is 1. The van der Waals surface area contributed by atoms with E-state index < -0.39 is 0 Å². The maximum atomic E-state index is 12.2. The lowest BCUT2D eigenvalue weighted by Gasteiger charge is -2.08. The minimum Gasteiger partial charge on any atom is -0.398 e. The second-order valence-corrected chi connectivity index (χ2v) is 5.36. The third-order valence-corrected chi connectivity index (χ3v) is 3.48. The van der Waals surface area contributed by atoms with Crippen LogP contribution in [0, 0.1) is 0 Å². The summed E-state index contributed by atoms with van der Waals surface area (Å²) in [6.07, 6.45) is 3.24. The van der Waals surface area contributed by atoms with Crippen molar-refractivity contribution in [1.29, 1.82) is 0 Å². The summed E-state index contributed by atoms with van der Waals surface area (Å²) in [5.74, 6) is -0.261. The SMILES string of the molecule is Nc1cc(Br)ccc1C(=O)Nc1ccc2nccnc2c1. The summed E-state index contributed by atoms with van der Waals surface area (Å²) in [7, 11) is 0. The predicted octanol–water partition coefficient (Wildman–Crippen LogP) is 3.23. The molecule has 1 amide bonds. The Hall–Kier alpha value is -2.47. The van der Waals surface area contributed by atoms with Crippen molar-refractivity contribution < 1.29 is 4.79 Å². The largest absolute Gasteiger partial charge is 0.398 e. The summed E-state index contributed by atoms with van der Waals surface area (Å²) in [4.78, 5) is 20.6. The van der Waals surface area contributed by atoms with Gasteiger partial charge in [-0.25, -0.2) is 0 Å². The third-order valence-electron chi connectivity index (χ3n) is 2.99. The highest BCUT2D eigenvalue weighted by molar-refractivity contribution is 9.10. The molecule has 1 heterocycles. The summed E-state index contributed by atoms with van der Waals surface area (Å²) in [5, 5.41) is 2.81. The van der Waals surface area contributed by atoms with Gasteiger partial charge in [0.2, 0.25) is 0 Å². The molecule has 0 fully saturated rings. The molecule has 2 aromatic carbocycles. The molecule has 3 rings (SSSR count). The van der Waals surface area contributed by atoms with Gasteiger partial charge in [-0.15, -0.1) is 0 Å². The molecule has 0 atom stereocenters. The van der Waals surface area contributed by atoms with E-state index in [2.05, 4.69) is 31.2 Å². The highest BCUT2D eigenvalue weighted by Crippen LogP contribution is 2.21. The molecule has 0 spiro atoms. The highest BCUT2D eigenvalue weighted by Gasteiger charge is 2.10. The zero-order chi connectivity index (χ0) is 14.8. The number of nitrogens with zero attached hydrogens (tertiary/aromatic N) is 2. The number of aromatic nitrogens is 2. The van der Waals surface area contributed by atoms with E-state index in [0.717, 1.165) is 15.5 Å². The molecule has 6 heteroatoms. The van der Waals surface area contributed by atoms with Crippen molar-refractivity contribution in [2.75, 3.05) is 11.1 Å². The zero-order valence-corrected chi connectivity index (χ0v) is 12.5. The first-order valence-corrected chi connectivity index (χ1v) is 7.00. The third kappa shape index (κ3) is 2.85. The maximum absolute atomic E-state index is 12.2. The molecule has 104 valence electrons. The molecule has 21 heavy (non-hydrogen) atoms. The fourth-order valence-corrected chi connectivity index (χ4v) is 2.36. The van der Waals surface area contributed by atoms with Gasteiger partial charge in [0, 0.05) is 28.2 Å². The molecule has 3 aromatic rings. The Labute approximate surface area is 129 Å². The lowest BCUT2D eigenvalue weighted by atomic mass is 10.1. The smallest absolute Gasteiger partial charge is 0.257 e. The molecule has 0 radical (unpaired) electrons. The molecule has 0 unspecified atom stereocenters. The molecular formula is C15H11BrN4O. The Morgan fingerprint density at radius 2 is 1.81 bits per heavy atom. The number of anilines is 2. The molecule has 3 N–H and O–H groups in total. The zero-order valence-electron chi connectivity index (χ0n) is 10.9. The monoisotopic (exact) mass is 342 g/mol. The second kappa shape index (κ2) is 5.49. The van der Waals surface area contributed by atoms with Crippen molar-refractivity contribution in [3.05, 3.63) is 58.8 Å². The number of nitrogens with one attached hydrogen (secondary N) is 1. The van der Waals surface area contributed by atoms with Crippen molar-refractivity contribution in [1.82, 2.24) is 9.97 Å². The first-order chi connectivity index (χ1) is 10.1. The molecule has 0 bridgehead atoms. The van der Waals surface area contributed by atoms with Gasteiger partial charge in [0.1, 0.15) is 0 Å². The van der Waals surface area contributed by atoms with Crippen LogP contribution in [0.3, 0.4) is 0 Å². The van der Waals surface area contributed by atoms with E-state index in [1.165, 1.54) is 0 Å². The van der Waals surface area contributed by atoms with Crippen LogP contribution in [0.15, 0.2) is 53.3 Å². The lowest BCUT2D eigenvalue weighted by Crippen LogP contribution is -2.14. The van der Waals surface area contributed by atoms with Gasteiger partial charge >= 0.3 is 0 Å². The summed E-state index contributed by atoms with van der Waals surface area (Å²) in [6, 6.07) is 10.5. The summed E-state index contributed by atoms with van der Waals surface area (Å²) in [6.45, 7) is 0. The summed E-state index contributed by atoms with van der Waals surface area (Å²) < 4.78 is 0.831. The topological polar surface area (TPSA) is 80.9 Å². The Kier molecular flexibility index (Phi) is 3.53. The predicted molar refractivity (Wildman–Crippen MR) is 86.0 cm³/mol. The van der Waals surface area contributed by atoms with Crippen LogP contribution in [0.1, 0.15) is 10.4 Å². The van der Waals surface area contributed by atoms with Gasteiger partial charge < -0.3 is 11.1 Å². The molecule has 5 nitrogen and oxygen atoms in total. The average molecular weight is 343 g/mol. The fourth-order valence-electron chi connectivity index (χ4n) is 1.98. The van der Waals surface area contributed by atoms with Gasteiger partial charge in [-0.1, -0.05) is 15.9 Å². The number of benzene rings is 2. The summed E-state index contributed by atoms with van der Waals surface area (Å²) in [5.41, 5.74) is 8.85. The van der Waals surface area contributed by atoms with E-state index in [9.17, 15) is 4.79 Å². The van der Waals surface area contributed by atoms with Crippen molar-refractivity contribution in [3.8, 4) is 0 Å². The molecular weight excluding hydrogens is 332 g/mol. The van der Waals surface area contributed by atoms with Gasteiger partial charge in [0.15, 0.2) is 0 Å². The quantitative estimate of drug-likeness (QED) is 0.700. The fraction of sp³-hybridized carbons (Fsp3) is 0. The van der Waals surface area contributed by atoms with Gasteiger partial charge in [-0.3, -0.25) is 14.8 Å². The van der Waals surface area contributed by atoms with Crippen LogP contribution in [0.4, 0.5) is 11.4 Å².